The topological polar surface area (TPSA) is 119 Å². The summed E-state index contributed by atoms with van der Waals surface area (Å²) in [5.41, 5.74) is 4.24. The van der Waals surface area contributed by atoms with Crippen LogP contribution < -0.4 is 9.47 Å². The lowest BCUT2D eigenvalue weighted by atomic mass is 9.55. The zero-order valence-electron chi connectivity index (χ0n) is 40.5. The van der Waals surface area contributed by atoms with Gasteiger partial charge in [-0.1, -0.05) is 150 Å². The summed E-state index contributed by atoms with van der Waals surface area (Å²) < 4.78 is 41.4. The molecule has 1 saturated carbocycles. The van der Waals surface area contributed by atoms with Gasteiger partial charge in [-0.05, 0) is 91.0 Å². The van der Waals surface area contributed by atoms with Crippen LogP contribution in [0.5, 0.6) is 11.5 Å². The summed E-state index contributed by atoms with van der Waals surface area (Å²) in [5.74, 6) is -1.20. The Morgan fingerprint density at radius 2 is 1.53 bits per heavy atom. The van der Waals surface area contributed by atoms with Gasteiger partial charge in [-0.2, -0.15) is 0 Å². The van der Waals surface area contributed by atoms with Crippen molar-refractivity contribution in [3.05, 3.63) is 132 Å². The van der Waals surface area contributed by atoms with Crippen molar-refractivity contribution in [3.63, 3.8) is 0 Å². The van der Waals surface area contributed by atoms with E-state index in [1.54, 1.807) is 29.2 Å². The van der Waals surface area contributed by atoms with E-state index in [-0.39, 0.29) is 69.6 Å². The molecule has 0 radical (unpaired) electrons. The first-order valence-corrected chi connectivity index (χ1v) is 25.5. The van der Waals surface area contributed by atoms with Crippen LogP contribution in [-0.2, 0) is 27.5 Å². The van der Waals surface area contributed by atoms with Gasteiger partial charge in [0.15, 0.2) is 0 Å². The fraction of sp³-hybridized carbons (Fsp3) is 0.544. The van der Waals surface area contributed by atoms with Gasteiger partial charge in [0.25, 0.3) is 0 Å². The standard InChI is InChI=1S/C57H77FN2O8/c1-4-7-8-9-10-11-12-13-14-22-37-65-56(63)60(41-43-27-29-46(58)30-28-43)53-40-51(59-67-42-44-23-16-15-17-24-44)49-38-45(25-18-20-33-61)48(26-19-21-34-62)54-50-39-47(64-35-5-2)31-32-52(50)68-57(53,55(49)54)66-36-6-3/h5-6,15-17,23-24,27-32,38-39,45,48,53-55,61-62H,2-4,7-14,18-22,25-26,33-37,40-42H2,1H3/t45-,48+,53-,54+,55+,57+/m0/s1. The predicted molar refractivity (Wildman–Crippen MR) is 267 cm³/mol. The fourth-order valence-corrected chi connectivity index (χ4v) is 10.6. The lowest BCUT2D eigenvalue weighted by molar-refractivity contribution is -0.256. The maximum atomic E-state index is 15.0. The fourth-order valence-electron chi connectivity index (χ4n) is 10.6. The number of oxime groups is 1. The van der Waals surface area contributed by atoms with Crippen LogP contribution in [0.3, 0.4) is 0 Å². The van der Waals surface area contributed by atoms with Crippen LogP contribution in [0.4, 0.5) is 9.18 Å². The van der Waals surface area contributed by atoms with E-state index in [9.17, 15) is 19.4 Å². The molecule has 1 heterocycles. The molecule has 1 amide bonds. The third-order valence-corrected chi connectivity index (χ3v) is 13.9. The van der Waals surface area contributed by atoms with Gasteiger partial charge in [0.2, 0.25) is 5.79 Å². The molecule has 370 valence electrons. The highest BCUT2D eigenvalue weighted by molar-refractivity contribution is 6.03. The van der Waals surface area contributed by atoms with Crippen LogP contribution >= 0.6 is 0 Å². The van der Waals surface area contributed by atoms with Crippen LogP contribution in [-0.4, -0.2) is 71.8 Å². The summed E-state index contributed by atoms with van der Waals surface area (Å²) in [6.07, 6.45) is 21.5. The second-order valence-electron chi connectivity index (χ2n) is 18.7. The summed E-state index contributed by atoms with van der Waals surface area (Å²) in [6.45, 7) is 11.4. The Morgan fingerprint density at radius 1 is 0.838 bits per heavy atom. The Balaban J connectivity index is 1.46. The molecule has 1 fully saturated rings. The Bertz CT molecular complexity index is 2060. The van der Waals surface area contributed by atoms with Crippen molar-refractivity contribution in [2.75, 3.05) is 33.0 Å². The largest absolute Gasteiger partial charge is 0.490 e. The predicted octanol–water partition coefficient (Wildman–Crippen LogP) is 12.8. The lowest BCUT2D eigenvalue weighted by Gasteiger charge is -2.59. The molecule has 10 nitrogen and oxygen atoms in total. The smallest absolute Gasteiger partial charge is 0.410 e. The summed E-state index contributed by atoms with van der Waals surface area (Å²) in [4.78, 5) is 23.0. The molecular formula is C57H77FN2O8. The number of rotatable bonds is 31. The zero-order valence-corrected chi connectivity index (χ0v) is 40.5. The van der Waals surface area contributed by atoms with E-state index in [4.69, 9.17) is 28.9 Å². The number of benzene rings is 3. The molecule has 0 bridgehead atoms. The van der Waals surface area contributed by atoms with Crippen molar-refractivity contribution >= 4 is 11.8 Å². The molecule has 68 heavy (non-hydrogen) atoms. The van der Waals surface area contributed by atoms with Gasteiger partial charge in [0.05, 0.1) is 24.8 Å². The second kappa shape index (κ2) is 27.9. The van der Waals surface area contributed by atoms with E-state index in [1.807, 2.05) is 42.5 Å². The third-order valence-electron chi connectivity index (χ3n) is 13.9. The Kier molecular flexibility index (Phi) is 21.5. The molecule has 0 spiro atoms. The highest BCUT2D eigenvalue weighted by atomic mass is 19.1. The van der Waals surface area contributed by atoms with Crippen LogP contribution in [0.2, 0.25) is 0 Å². The number of hydrogen-bond donors (Lipinski definition) is 2. The third kappa shape index (κ3) is 14.1. The molecule has 6 rings (SSSR count). The molecule has 2 aliphatic carbocycles. The van der Waals surface area contributed by atoms with E-state index in [0.717, 1.165) is 61.6 Å². The number of nitrogens with zero attached hydrogens (tertiary/aromatic N) is 2. The first-order valence-electron chi connectivity index (χ1n) is 25.5. The number of amides is 1. The monoisotopic (exact) mass is 937 g/mol. The quantitative estimate of drug-likeness (QED) is 0.0372. The zero-order chi connectivity index (χ0) is 48.0. The van der Waals surface area contributed by atoms with Gasteiger partial charge < -0.3 is 34.0 Å². The maximum absolute atomic E-state index is 15.0. The van der Waals surface area contributed by atoms with Crippen molar-refractivity contribution in [2.45, 2.75) is 147 Å². The van der Waals surface area contributed by atoms with E-state index < -0.39 is 23.8 Å². The number of allylic oxidation sites excluding steroid dienone is 1. The van der Waals surface area contributed by atoms with E-state index in [1.165, 1.54) is 57.1 Å². The molecule has 2 N–H and O–H groups in total. The highest BCUT2D eigenvalue weighted by Gasteiger charge is 2.65. The van der Waals surface area contributed by atoms with Gasteiger partial charge in [0.1, 0.15) is 36.6 Å². The van der Waals surface area contributed by atoms with Gasteiger partial charge in [-0.25, -0.2) is 9.18 Å². The van der Waals surface area contributed by atoms with Gasteiger partial charge in [0, 0.05) is 37.7 Å². The molecule has 3 aromatic rings. The van der Waals surface area contributed by atoms with E-state index in [2.05, 4.69) is 32.2 Å². The number of ether oxygens (including phenoxy) is 4. The Morgan fingerprint density at radius 3 is 2.22 bits per heavy atom. The molecular weight excluding hydrogens is 860 g/mol. The number of hydrogen-bond acceptors (Lipinski definition) is 9. The van der Waals surface area contributed by atoms with Gasteiger partial charge in [-0.3, -0.25) is 4.90 Å². The van der Waals surface area contributed by atoms with Crippen molar-refractivity contribution in [3.8, 4) is 11.5 Å². The summed E-state index contributed by atoms with van der Waals surface area (Å²) in [7, 11) is 0. The number of aliphatic hydroxyl groups excluding tert-OH is 2. The first-order chi connectivity index (χ1) is 33.4. The maximum Gasteiger partial charge on any atom is 0.410 e. The average Bonchev–Trinajstić information content (AvgIpc) is 3.35. The second-order valence-corrected chi connectivity index (χ2v) is 18.7. The minimum atomic E-state index is -1.49. The van der Waals surface area contributed by atoms with E-state index >= 15 is 0 Å². The molecule has 11 heteroatoms. The molecule has 3 aliphatic rings. The highest BCUT2D eigenvalue weighted by Crippen LogP contribution is 2.62. The van der Waals surface area contributed by atoms with E-state index in [0.29, 0.717) is 42.2 Å². The Hall–Kier alpha value is -4.97. The van der Waals surface area contributed by atoms with Gasteiger partial charge >= 0.3 is 6.09 Å². The number of halogens is 1. The van der Waals surface area contributed by atoms with Crippen molar-refractivity contribution in [2.24, 2.45) is 22.9 Å². The summed E-state index contributed by atoms with van der Waals surface area (Å²) >= 11 is 0. The van der Waals surface area contributed by atoms with Crippen molar-refractivity contribution < 1.29 is 43.2 Å². The van der Waals surface area contributed by atoms with Crippen LogP contribution in [0.15, 0.2) is 115 Å². The van der Waals surface area contributed by atoms with Crippen LogP contribution in [0.1, 0.15) is 139 Å². The average molecular weight is 937 g/mol. The van der Waals surface area contributed by atoms with Crippen molar-refractivity contribution in [1.82, 2.24) is 4.90 Å². The Labute approximate surface area is 405 Å². The summed E-state index contributed by atoms with van der Waals surface area (Å²) in [5, 5.41) is 24.9. The van der Waals surface area contributed by atoms with Gasteiger partial charge in [-0.15, -0.1) is 6.58 Å². The van der Waals surface area contributed by atoms with Crippen LogP contribution in [0.25, 0.3) is 0 Å². The molecule has 0 unspecified atom stereocenters. The SMILES string of the molecule is C=CCOc1ccc2c(c1)[C@H]1[C@H](CCCCO)[C@@H](CCCCO)C=C3C(=NOCc4ccccc4)C[C@H](N(Cc4ccc(F)cc4)C(=O)OCCCCCCCCCCCC)[C@@](OCC=C)(O2)[C@H]31. The molecule has 6 atom stereocenters. The number of fused-ring (bicyclic) bond motifs is 2. The number of carbonyl (C=O) groups is 1. The van der Waals surface area contributed by atoms with Crippen LogP contribution in [0, 0.1) is 23.6 Å². The summed E-state index contributed by atoms with van der Waals surface area (Å²) in [6, 6.07) is 21.2. The van der Waals surface area contributed by atoms with Crippen molar-refractivity contribution in [1.29, 1.82) is 0 Å². The molecule has 0 aromatic heterocycles. The minimum absolute atomic E-state index is 0.0390. The minimum Gasteiger partial charge on any atom is -0.490 e. The molecule has 1 aliphatic heterocycles. The molecule has 3 aromatic carbocycles. The lowest BCUT2D eigenvalue weighted by Crippen LogP contribution is -2.70. The number of unbranched alkanes of at least 4 members (excludes halogenated alkanes) is 11. The normalized spacial score (nSPS) is 22.0. The molecule has 0 saturated heterocycles. The number of aliphatic hydroxyl groups is 2. The number of carbonyl (C=O) groups excluding carboxylic acids is 1. The first kappa shape index (κ1) is 52.4.